The average molecular weight is 400 g/mol. The SMILES string of the molecule is Cc1ccc(C)c(NC(=O)Cn2c(=O)n(CCC(C)C)c(=O)c3sccc32)c1. The minimum Gasteiger partial charge on any atom is -0.324 e. The highest BCUT2D eigenvalue weighted by Crippen LogP contribution is 2.18. The summed E-state index contributed by atoms with van der Waals surface area (Å²) < 4.78 is 3.15. The first-order valence-corrected chi connectivity index (χ1v) is 10.2. The molecule has 0 fully saturated rings. The average Bonchev–Trinajstić information content (AvgIpc) is 3.11. The molecule has 1 N–H and O–H groups in total. The maximum Gasteiger partial charge on any atom is 0.332 e. The van der Waals surface area contributed by atoms with Crippen molar-refractivity contribution in [3.8, 4) is 0 Å². The van der Waals surface area contributed by atoms with Crippen molar-refractivity contribution in [2.24, 2.45) is 5.92 Å². The van der Waals surface area contributed by atoms with Crippen LogP contribution >= 0.6 is 11.3 Å². The first kappa shape index (κ1) is 20.1. The minimum atomic E-state index is -0.437. The van der Waals surface area contributed by atoms with Crippen LogP contribution in [-0.2, 0) is 17.9 Å². The number of nitrogens with one attached hydrogen (secondary N) is 1. The van der Waals surface area contributed by atoms with Crippen molar-refractivity contribution < 1.29 is 4.79 Å². The Labute approximate surface area is 167 Å². The van der Waals surface area contributed by atoms with Crippen molar-refractivity contribution in [2.75, 3.05) is 5.32 Å². The van der Waals surface area contributed by atoms with E-state index in [0.29, 0.717) is 22.7 Å². The number of hydrogen-bond donors (Lipinski definition) is 1. The van der Waals surface area contributed by atoms with Crippen LogP contribution < -0.4 is 16.6 Å². The lowest BCUT2D eigenvalue weighted by atomic mass is 10.1. The van der Waals surface area contributed by atoms with Crippen molar-refractivity contribution in [2.45, 2.75) is 47.2 Å². The minimum absolute atomic E-state index is 0.137. The summed E-state index contributed by atoms with van der Waals surface area (Å²) in [5.74, 6) is 0.0729. The molecule has 7 heteroatoms. The third-order valence-electron chi connectivity index (χ3n) is 4.74. The zero-order valence-electron chi connectivity index (χ0n) is 16.6. The van der Waals surface area contributed by atoms with Crippen molar-refractivity contribution in [1.82, 2.24) is 9.13 Å². The molecule has 0 saturated heterocycles. The zero-order valence-corrected chi connectivity index (χ0v) is 17.4. The number of aromatic nitrogens is 2. The molecule has 28 heavy (non-hydrogen) atoms. The number of carbonyl (C=O) groups is 1. The predicted octanol–water partition coefficient (Wildman–Crippen LogP) is 3.53. The number of carbonyl (C=O) groups excluding carboxylic acids is 1. The monoisotopic (exact) mass is 399 g/mol. The molecule has 2 aromatic heterocycles. The zero-order chi connectivity index (χ0) is 20.4. The van der Waals surface area contributed by atoms with Gasteiger partial charge < -0.3 is 5.32 Å². The Balaban J connectivity index is 1.97. The number of rotatable bonds is 6. The van der Waals surface area contributed by atoms with Crippen LogP contribution in [0.4, 0.5) is 5.69 Å². The normalized spacial score (nSPS) is 11.3. The van der Waals surface area contributed by atoms with E-state index in [1.165, 1.54) is 20.5 Å². The summed E-state index contributed by atoms with van der Waals surface area (Å²) in [5.41, 5.74) is 2.52. The van der Waals surface area contributed by atoms with Gasteiger partial charge in [0.25, 0.3) is 5.56 Å². The molecule has 0 saturated carbocycles. The van der Waals surface area contributed by atoms with Gasteiger partial charge in [-0.2, -0.15) is 0 Å². The van der Waals surface area contributed by atoms with Gasteiger partial charge in [0.2, 0.25) is 5.91 Å². The molecular weight excluding hydrogens is 374 g/mol. The van der Waals surface area contributed by atoms with E-state index < -0.39 is 5.69 Å². The summed E-state index contributed by atoms with van der Waals surface area (Å²) in [5, 5.41) is 4.66. The van der Waals surface area contributed by atoms with Crippen LogP contribution in [0.25, 0.3) is 10.2 Å². The van der Waals surface area contributed by atoms with Crippen LogP contribution in [-0.4, -0.2) is 15.0 Å². The maximum atomic E-state index is 13.0. The molecule has 3 aromatic rings. The molecule has 0 aliphatic heterocycles. The van der Waals surface area contributed by atoms with Gasteiger partial charge in [-0.05, 0) is 54.8 Å². The number of hydrogen-bond acceptors (Lipinski definition) is 4. The van der Waals surface area contributed by atoms with Crippen molar-refractivity contribution >= 4 is 33.1 Å². The van der Waals surface area contributed by atoms with Gasteiger partial charge in [0.05, 0.1) is 5.52 Å². The van der Waals surface area contributed by atoms with Crippen LogP contribution in [0.1, 0.15) is 31.4 Å². The molecule has 148 valence electrons. The summed E-state index contributed by atoms with van der Waals surface area (Å²) in [6.07, 6.45) is 0.723. The number of amides is 1. The topological polar surface area (TPSA) is 73.1 Å². The molecular formula is C21H25N3O3S. The van der Waals surface area contributed by atoms with E-state index in [0.717, 1.165) is 23.2 Å². The highest BCUT2D eigenvalue weighted by atomic mass is 32.1. The number of benzene rings is 1. The number of thiophene rings is 1. The molecule has 0 aliphatic carbocycles. The smallest absolute Gasteiger partial charge is 0.324 e. The third kappa shape index (κ3) is 4.09. The van der Waals surface area contributed by atoms with E-state index >= 15 is 0 Å². The highest BCUT2D eigenvalue weighted by molar-refractivity contribution is 7.17. The number of fused-ring (bicyclic) bond motifs is 1. The molecule has 0 bridgehead atoms. The van der Waals surface area contributed by atoms with E-state index in [4.69, 9.17) is 0 Å². The summed E-state index contributed by atoms with van der Waals surface area (Å²) in [6.45, 7) is 8.18. The molecule has 0 aliphatic rings. The van der Waals surface area contributed by atoms with Crippen LogP contribution in [0.5, 0.6) is 0 Å². The molecule has 0 unspecified atom stereocenters. The van der Waals surface area contributed by atoms with Crippen LogP contribution in [0.2, 0.25) is 0 Å². The second-order valence-electron chi connectivity index (χ2n) is 7.51. The Kier molecular flexibility index (Phi) is 5.84. The lowest BCUT2D eigenvalue weighted by molar-refractivity contribution is -0.116. The van der Waals surface area contributed by atoms with Gasteiger partial charge in [0, 0.05) is 12.2 Å². The molecule has 3 rings (SSSR count). The number of aryl methyl sites for hydroxylation is 2. The van der Waals surface area contributed by atoms with Crippen LogP contribution in [0.3, 0.4) is 0 Å². The van der Waals surface area contributed by atoms with Crippen molar-refractivity contribution in [1.29, 1.82) is 0 Å². The van der Waals surface area contributed by atoms with Gasteiger partial charge >= 0.3 is 5.69 Å². The third-order valence-corrected chi connectivity index (χ3v) is 5.63. The molecule has 1 amide bonds. The first-order valence-electron chi connectivity index (χ1n) is 9.36. The number of nitrogens with zero attached hydrogens (tertiary/aromatic N) is 2. The first-order chi connectivity index (χ1) is 13.3. The fraction of sp³-hybridized carbons (Fsp3) is 0.381. The molecule has 6 nitrogen and oxygen atoms in total. The van der Waals surface area contributed by atoms with Gasteiger partial charge in [0.1, 0.15) is 11.2 Å². The van der Waals surface area contributed by atoms with Gasteiger partial charge in [-0.3, -0.25) is 18.7 Å². The largest absolute Gasteiger partial charge is 0.332 e. The lowest BCUT2D eigenvalue weighted by Gasteiger charge is -2.14. The van der Waals surface area contributed by atoms with E-state index in [1.807, 2.05) is 45.9 Å². The fourth-order valence-electron chi connectivity index (χ4n) is 3.07. The summed E-state index contributed by atoms with van der Waals surface area (Å²) in [6, 6.07) is 7.55. The van der Waals surface area contributed by atoms with Gasteiger partial charge in [-0.15, -0.1) is 11.3 Å². The van der Waals surface area contributed by atoms with Gasteiger partial charge in [0.15, 0.2) is 0 Å². The Morgan fingerprint density at radius 1 is 1.14 bits per heavy atom. The second kappa shape index (κ2) is 8.14. The summed E-state index contributed by atoms with van der Waals surface area (Å²) in [4.78, 5) is 38.3. The lowest BCUT2D eigenvalue weighted by Crippen LogP contribution is -2.41. The fourth-order valence-corrected chi connectivity index (χ4v) is 3.92. The molecule has 2 heterocycles. The van der Waals surface area contributed by atoms with E-state index in [-0.39, 0.29) is 18.0 Å². The van der Waals surface area contributed by atoms with E-state index in [1.54, 1.807) is 11.4 Å². The van der Waals surface area contributed by atoms with Crippen molar-refractivity contribution in [3.05, 3.63) is 61.6 Å². The van der Waals surface area contributed by atoms with E-state index in [2.05, 4.69) is 5.32 Å². The molecule has 0 atom stereocenters. The molecule has 1 aromatic carbocycles. The second-order valence-corrected chi connectivity index (χ2v) is 8.43. The van der Waals surface area contributed by atoms with Crippen molar-refractivity contribution in [3.63, 3.8) is 0 Å². The standard InChI is InChI=1S/C21H25N3O3S/c1-13(2)7-9-23-20(26)19-17(8-10-28-19)24(21(23)27)12-18(25)22-16-11-14(3)5-6-15(16)4/h5-6,8,10-11,13H,7,9,12H2,1-4H3,(H,22,25). The Bertz CT molecular complexity index is 1140. The van der Waals surface area contributed by atoms with E-state index in [9.17, 15) is 14.4 Å². The predicted molar refractivity (Wildman–Crippen MR) is 114 cm³/mol. The highest BCUT2D eigenvalue weighted by Gasteiger charge is 2.17. The Morgan fingerprint density at radius 3 is 2.61 bits per heavy atom. The van der Waals surface area contributed by atoms with Crippen LogP contribution in [0, 0.1) is 19.8 Å². The summed E-state index contributed by atoms with van der Waals surface area (Å²) >= 11 is 1.30. The molecule has 0 spiro atoms. The summed E-state index contributed by atoms with van der Waals surface area (Å²) in [7, 11) is 0. The molecule has 0 radical (unpaired) electrons. The number of anilines is 1. The quantitative estimate of drug-likeness (QED) is 0.689. The Hall–Kier alpha value is -2.67. The Morgan fingerprint density at radius 2 is 1.89 bits per heavy atom. The van der Waals surface area contributed by atoms with Crippen LogP contribution in [0.15, 0.2) is 39.2 Å². The van der Waals surface area contributed by atoms with Gasteiger partial charge in [-0.25, -0.2) is 4.79 Å². The van der Waals surface area contributed by atoms with Gasteiger partial charge in [-0.1, -0.05) is 26.0 Å². The maximum absolute atomic E-state index is 13.0.